The molecule has 4 heteroatoms. The zero-order valence-electron chi connectivity index (χ0n) is 6.36. The Morgan fingerprint density at radius 3 is 2.91 bits per heavy atom. The van der Waals surface area contributed by atoms with Crippen molar-refractivity contribution in [2.75, 3.05) is 13.7 Å². The third kappa shape index (κ3) is 3.33. The maximum atomic E-state index is 3.42. The van der Waals surface area contributed by atoms with Crippen molar-refractivity contribution in [3.63, 3.8) is 0 Å². The second kappa shape index (κ2) is 4.87. The lowest BCUT2D eigenvalue weighted by molar-refractivity contribution is 0.636. The van der Waals surface area contributed by atoms with Crippen LogP contribution in [0, 0.1) is 0 Å². The summed E-state index contributed by atoms with van der Waals surface area (Å²) in [7, 11) is 1.93. The lowest BCUT2D eigenvalue weighted by Crippen LogP contribution is -2.24. The highest BCUT2D eigenvalue weighted by Gasteiger charge is 1.94. The zero-order chi connectivity index (χ0) is 8.10. The monoisotopic (exact) mass is 234 g/mol. The van der Waals surface area contributed by atoms with Crippen molar-refractivity contribution in [2.24, 2.45) is 0 Å². The number of nitrogens with one attached hydrogen (secondary N) is 2. The molecule has 0 spiro atoms. The molecule has 1 aromatic rings. The van der Waals surface area contributed by atoms with E-state index in [0.29, 0.717) is 0 Å². The zero-order valence-corrected chi connectivity index (χ0v) is 8.76. The molecule has 0 aliphatic heterocycles. The first-order chi connectivity index (χ1) is 5.33. The molecule has 0 unspecified atom stereocenters. The highest BCUT2D eigenvalue weighted by atomic mass is 79.9. The normalized spacial score (nSPS) is 10.4. The Balaban J connectivity index is 2.27. The van der Waals surface area contributed by atoms with E-state index in [-0.39, 0.29) is 0 Å². The second-order valence-electron chi connectivity index (χ2n) is 2.16. The van der Waals surface area contributed by atoms with Crippen LogP contribution in [0.3, 0.4) is 0 Å². The topological polar surface area (TPSA) is 24.1 Å². The fraction of sp³-hybridized carbons (Fsp3) is 0.429. The van der Waals surface area contributed by atoms with E-state index < -0.39 is 0 Å². The third-order valence-electron chi connectivity index (χ3n) is 1.23. The molecular weight excluding hydrogens is 224 g/mol. The Morgan fingerprint density at radius 1 is 1.55 bits per heavy atom. The maximum Gasteiger partial charge on any atom is 0.0701 e. The highest BCUT2D eigenvalue weighted by Crippen LogP contribution is 2.21. The van der Waals surface area contributed by atoms with Crippen molar-refractivity contribution < 1.29 is 0 Å². The molecule has 0 saturated carbocycles. The van der Waals surface area contributed by atoms with Crippen LogP contribution in [-0.4, -0.2) is 13.7 Å². The average molecular weight is 235 g/mol. The standard InChI is InChI=1S/C7H11BrN2S/c1-9-5-10-4-6-2-3-7(8)11-6/h2-3,9-10H,4-5H2,1H3. The summed E-state index contributed by atoms with van der Waals surface area (Å²) in [6, 6.07) is 4.19. The van der Waals surface area contributed by atoms with Gasteiger partial charge in [0.15, 0.2) is 0 Å². The van der Waals surface area contributed by atoms with Crippen molar-refractivity contribution in [2.45, 2.75) is 6.54 Å². The smallest absolute Gasteiger partial charge is 0.0701 e. The Morgan fingerprint density at radius 2 is 2.36 bits per heavy atom. The van der Waals surface area contributed by atoms with E-state index in [2.05, 4.69) is 38.7 Å². The Hall–Kier alpha value is 0.1000. The summed E-state index contributed by atoms with van der Waals surface area (Å²) in [6.45, 7) is 1.80. The van der Waals surface area contributed by atoms with Gasteiger partial charge in [-0.1, -0.05) is 0 Å². The van der Waals surface area contributed by atoms with Crippen LogP contribution in [0.25, 0.3) is 0 Å². The van der Waals surface area contributed by atoms with Crippen LogP contribution in [0.4, 0.5) is 0 Å². The van der Waals surface area contributed by atoms with Crippen molar-refractivity contribution in [3.05, 3.63) is 20.8 Å². The molecule has 0 radical (unpaired) electrons. The molecule has 0 saturated heterocycles. The van der Waals surface area contributed by atoms with Crippen LogP contribution < -0.4 is 10.6 Å². The molecule has 62 valence electrons. The minimum Gasteiger partial charge on any atom is -0.308 e. The first kappa shape index (κ1) is 9.19. The predicted octanol–water partition coefficient (Wildman–Crippen LogP) is 1.78. The molecule has 0 aliphatic carbocycles. The molecule has 1 rings (SSSR count). The Kier molecular flexibility index (Phi) is 4.07. The number of rotatable bonds is 4. The molecular formula is C7H11BrN2S. The lowest BCUT2D eigenvalue weighted by atomic mass is 10.5. The van der Waals surface area contributed by atoms with Gasteiger partial charge in [-0.05, 0) is 35.1 Å². The molecule has 0 fully saturated rings. The lowest BCUT2D eigenvalue weighted by Gasteiger charge is -1.99. The van der Waals surface area contributed by atoms with Crippen molar-refractivity contribution >= 4 is 27.3 Å². The summed E-state index contributed by atoms with van der Waals surface area (Å²) in [4.78, 5) is 1.35. The fourth-order valence-electron chi connectivity index (χ4n) is 0.757. The van der Waals surface area contributed by atoms with E-state index in [4.69, 9.17) is 0 Å². The van der Waals surface area contributed by atoms with Gasteiger partial charge in [-0.3, -0.25) is 5.32 Å². The van der Waals surface area contributed by atoms with Gasteiger partial charge in [0.25, 0.3) is 0 Å². The molecule has 0 amide bonds. The van der Waals surface area contributed by atoms with Gasteiger partial charge in [0, 0.05) is 18.1 Å². The van der Waals surface area contributed by atoms with Crippen molar-refractivity contribution in [1.82, 2.24) is 10.6 Å². The van der Waals surface area contributed by atoms with E-state index in [1.54, 1.807) is 11.3 Å². The van der Waals surface area contributed by atoms with Gasteiger partial charge in [-0.15, -0.1) is 11.3 Å². The van der Waals surface area contributed by atoms with Crippen LogP contribution in [0.1, 0.15) is 4.88 Å². The molecule has 11 heavy (non-hydrogen) atoms. The average Bonchev–Trinajstić information content (AvgIpc) is 2.37. The summed E-state index contributed by atoms with van der Waals surface area (Å²) in [5, 5.41) is 6.27. The molecule has 0 atom stereocenters. The number of halogens is 1. The number of thiophene rings is 1. The summed E-state index contributed by atoms with van der Waals surface area (Å²) < 4.78 is 1.19. The fourth-order valence-corrected chi connectivity index (χ4v) is 2.21. The minimum atomic E-state index is 0.857. The maximum absolute atomic E-state index is 3.42. The van der Waals surface area contributed by atoms with Gasteiger partial charge in [-0.25, -0.2) is 0 Å². The van der Waals surface area contributed by atoms with Gasteiger partial charge in [0.05, 0.1) is 3.79 Å². The van der Waals surface area contributed by atoms with E-state index in [1.165, 1.54) is 8.66 Å². The highest BCUT2D eigenvalue weighted by molar-refractivity contribution is 9.11. The van der Waals surface area contributed by atoms with Crippen molar-refractivity contribution in [1.29, 1.82) is 0 Å². The van der Waals surface area contributed by atoms with E-state index >= 15 is 0 Å². The van der Waals surface area contributed by atoms with Gasteiger partial charge in [0.1, 0.15) is 0 Å². The summed E-state index contributed by atoms with van der Waals surface area (Å²) in [6.07, 6.45) is 0. The van der Waals surface area contributed by atoms with Crippen LogP contribution in [0.5, 0.6) is 0 Å². The van der Waals surface area contributed by atoms with Crippen LogP contribution in [-0.2, 0) is 6.54 Å². The third-order valence-corrected chi connectivity index (χ3v) is 2.85. The van der Waals surface area contributed by atoms with E-state index in [1.807, 2.05) is 7.05 Å². The summed E-state index contributed by atoms with van der Waals surface area (Å²) in [5.74, 6) is 0. The van der Waals surface area contributed by atoms with Crippen LogP contribution in [0.2, 0.25) is 0 Å². The van der Waals surface area contributed by atoms with Crippen molar-refractivity contribution in [3.8, 4) is 0 Å². The first-order valence-corrected chi connectivity index (χ1v) is 5.03. The van der Waals surface area contributed by atoms with Gasteiger partial charge in [0.2, 0.25) is 0 Å². The predicted molar refractivity (Wildman–Crippen MR) is 52.8 cm³/mol. The molecule has 1 heterocycles. The SMILES string of the molecule is CNCNCc1ccc(Br)s1. The molecule has 2 N–H and O–H groups in total. The quantitative estimate of drug-likeness (QED) is 0.614. The number of hydrogen-bond donors (Lipinski definition) is 2. The summed E-state index contributed by atoms with van der Waals surface area (Å²) >= 11 is 5.18. The number of hydrogen-bond acceptors (Lipinski definition) is 3. The largest absolute Gasteiger partial charge is 0.308 e. The molecule has 2 nitrogen and oxygen atoms in total. The van der Waals surface area contributed by atoms with E-state index in [9.17, 15) is 0 Å². The Labute approximate surface area is 79.1 Å². The molecule has 0 aliphatic rings. The first-order valence-electron chi connectivity index (χ1n) is 3.42. The molecule has 1 aromatic heterocycles. The second-order valence-corrected chi connectivity index (χ2v) is 4.71. The van der Waals surface area contributed by atoms with E-state index in [0.717, 1.165) is 13.2 Å². The minimum absolute atomic E-state index is 0.857. The van der Waals surface area contributed by atoms with Crippen LogP contribution >= 0.6 is 27.3 Å². The molecule has 0 aromatic carbocycles. The molecule has 0 bridgehead atoms. The Bertz CT molecular complexity index is 212. The summed E-state index contributed by atoms with van der Waals surface area (Å²) in [5.41, 5.74) is 0. The van der Waals surface area contributed by atoms with Gasteiger partial charge >= 0.3 is 0 Å². The van der Waals surface area contributed by atoms with Gasteiger partial charge in [-0.2, -0.15) is 0 Å². The van der Waals surface area contributed by atoms with Gasteiger partial charge < -0.3 is 5.32 Å². The van der Waals surface area contributed by atoms with Crippen LogP contribution in [0.15, 0.2) is 15.9 Å².